The van der Waals surface area contributed by atoms with Gasteiger partial charge in [-0.15, -0.1) is 11.8 Å². The molecule has 0 aliphatic heterocycles. The third kappa shape index (κ3) is 6.10. The molecule has 26 heavy (non-hydrogen) atoms. The number of thiocarbonyl (C=S) groups is 1. The molecule has 3 aromatic carbocycles. The number of hydrogen-bond acceptors (Lipinski definition) is 3. The van der Waals surface area contributed by atoms with Crippen LogP contribution >= 0.6 is 24.0 Å². The zero-order valence-corrected chi connectivity index (χ0v) is 15.9. The van der Waals surface area contributed by atoms with Crippen molar-refractivity contribution < 1.29 is 0 Å². The topological polar surface area (TPSA) is 36.1 Å². The molecular formula is C21H21N3S2. The lowest BCUT2D eigenvalue weighted by Crippen LogP contribution is -2.30. The summed E-state index contributed by atoms with van der Waals surface area (Å²) >= 11 is 7.17. The minimum atomic E-state index is 0.641. The second-order valence-corrected chi connectivity index (χ2v) is 7.19. The van der Waals surface area contributed by atoms with Crippen molar-refractivity contribution in [3.8, 4) is 0 Å². The summed E-state index contributed by atoms with van der Waals surface area (Å²) in [5.41, 5.74) is 3.08. The van der Waals surface area contributed by atoms with Gasteiger partial charge < -0.3 is 16.0 Å². The van der Waals surface area contributed by atoms with Crippen LogP contribution in [0.1, 0.15) is 0 Å². The first-order valence-corrected chi connectivity index (χ1v) is 9.84. The summed E-state index contributed by atoms with van der Waals surface area (Å²) in [4.78, 5) is 1.27. The Morgan fingerprint density at radius 1 is 0.731 bits per heavy atom. The molecule has 0 fully saturated rings. The third-order valence-electron chi connectivity index (χ3n) is 3.60. The summed E-state index contributed by atoms with van der Waals surface area (Å²) in [7, 11) is 0. The molecule has 3 N–H and O–H groups in total. The lowest BCUT2D eigenvalue weighted by atomic mass is 10.2. The van der Waals surface area contributed by atoms with E-state index in [-0.39, 0.29) is 0 Å². The minimum absolute atomic E-state index is 0.641. The van der Waals surface area contributed by atoms with Crippen molar-refractivity contribution in [2.24, 2.45) is 0 Å². The Labute approximate surface area is 164 Å². The highest BCUT2D eigenvalue weighted by Crippen LogP contribution is 2.19. The van der Waals surface area contributed by atoms with Crippen molar-refractivity contribution in [3.05, 3.63) is 84.9 Å². The molecule has 3 nitrogen and oxygen atoms in total. The number of benzene rings is 3. The summed E-state index contributed by atoms with van der Waals surface area (Å²) in [6.45, 7) is 0.818. The van der Waals surface area contributed by atoms with Crippen LogP contribution in [0.2, 0.25) is 0 Å². The van der Waals surface area contributed by atoms with E-state index in [1.54, 1.807) is 0 Å². The van der Waals surface area contributed by atoms with Crippen LogP contribution in [0.15, 0.2) is 89.8 Å². The van der Waals surface area contributed by atoms with Gasteiger partial charge in [-0.25, -0.2) is 0 Å². The summed E-state index contributed by atoms with van der Waals surface area (Å²) in [6.07, 6.45) is 0. The molecule has 132 valence electrons. The van der Waals surface area contributed by atoms with Gasteiger partial charge in [0.15, 0.2) is 5.11 Å². The Balaban J connectivity index is 1.40. The molecule has 0 aliphatic rings. The number of hydrogen-bond donors (Lipinski definition) is 3. The largest absolute Gasteiger partial charge is 0.362 e. The molecule has 3 rings (SSSR count). The Morgan fingerprint density at radius 3 is 2.00 bits per heavy atom. The average molecular weight is 380 g/mol. The van der Waals surface area contributed by atoms with Gasteiger partial charge in [0.05, 0.1) is 0 Å². The molecular weight excluding hydrogens is 358 g/mol. The maximum atomic E-state index is 5.36. The highest BCUT2D eigenvalue weighted by atomic mass is 32.2. The van der Waals surface area contributed by atoms with Gasteiger partial charge in [0.2, 0.25) is 0 Å². The van der Waals surface area contributed by atoms with Crippen molar-refractivity contribution in [2.45, 2.75) is 4.90 Å². The fourth-order valence-corrected chi connectivity index (χ4v) is 3.36. The van der Waals surface area contributed by atoms with Crippen LogP contribution in [0.4, 0.5) is 17.1 Å². The number of anilines is 3. The Bertz CT molecular complexity index is 806. The fourth-order valence-electron chi connectivity index (χ4n) is 2.35. The first-order chi connectivity index (χ1) is 12.8. The monoisotopic (exact) mass is 379 g/mol. The minimum Gasteiger partial charge on any atom is -0.362 e. The molecule has 0 aliphatic carbocycles. The van der Waals surface area contributed by atoms with Crippen LogP contribution < -0.4 is 16.0 Å². The summed E-state index contributed by atoms with van der Waals surface area (Å²) in [6, 6.07) is 28.6. The number of rotatable bonds is 7. The highest BCUT2D eigenvalue weighted by molar-refractivity contribution is 7.99. The number of nitrogens with one attached hydrogen (secondary N) is 3. The zero-order chi connectivity index (χ0) is 18.0. The molecule has 0 spiro atoms. The molecule has 3 aromatic rings. The average Bonchev–Trinajstić information content (AvgIpc) is 2.68. The van der Waals surface area contributed by atoms with Crippen LogP contribution in [0.5, 0.6) is 0 Å². The lowest BCUT2D eigenvalue weighted by Gasteiger charge is -2.11. The molecule has 0 saturated carbocycles. The van der Waals surface area contributed by atoms with E-state index in [4.69, 9.17) is 12.2 Å². The molecule has 0 heterocycles. The van der Waals surface area contributed by atoms with Crippen molar-refractivity contribution in [3.63, 3.8) is 0 Å². The van der Waals surface area contributed by atoms with Gasteiger partial charge in [0, 0.05) is 34.3 Å². The van der Waals surface area contributed by atoms with Gasteiger partial charge in [0.1, 0.15) is 0 Å². The van der Waals surface area contributed by atoms with Gasteiger partial charge in [0.25, 0.3) is 0 Å². The lowest BCUT2D eigenvalue weighted by molar-refractivity contribution is 0.990. The van der Waals surface area contributed by atoms with Crippen molar-refractivity contribution in [1.29, 1.82) is 0 Å². The molecule has 0 atom stereocenters. The van der Waals surface area contributed by atoms with E-state index < -0.39 is 0 Å². The standard InChI is InChI=1S/C21H21N3S2/c25-21(22-15-16-26-20-9-5-2-6-10-20)24-19-13-11-18(12-14-19)23-17-7-3-1-4-8-17/h1-14,23H,15-16H2,(H2,22,24,25). The van der Waals surface area contributed by atoms with Gasteiger partial charge in [-0.05, 0) is 60.7 Å². The second kappa shape index (κ2) is 9.85. The van der Waals surface area contributed by atoms with Gasteiger partial charge in [-0.3, -0.25) is 0 Å². The van der Waals surface area contributed by atoms with Crippen LogP contribution in [0.3, 0.4) is 0 Å². The van der Waals surface area contributed by atoms with Gasteiger partial charge in [-0.1, -0.05) is 36.4 Å². The highest BCUT2D eigenvalue weighted by Gasteiger charge is 1.99. The number of para-hydroxylation sites is 1. The molecule has 5 heteroatoms. The summed E-state index contributed by atoms with van der Waals surface area (Å²) in [5.74, 6) is 0.964. The van der Waals surface area contributed by atoms with Crippen molar-refractivity contribution in [1.82, 2.24) is 5.32 Å². The van der Waals surface area contributed by atoms with E-state index in [2.05, 4.69) is 40.2 Å². The fraction of sp³-hybridized carbons (Fsp3) is 0.0952. The predicted octanol–water partition coefficient (Wildman–Crippen LogP) is 5.51. The Kier molecular flexibility index (Phi) is 6.93. The van der Waals surface area contributed by atoms with Crippen LogP contribution in [0.25, 0.3) is 0 Å². The Hall–Kier alpha value is -2.50. The SMILES string of the molecule is S=C(NCCSc1ccccc1)Nc1ccc(Nc2ccccc2)cc1. The third-order valence-corrected chi connectivity index (χ3v) is 4.86. The van der Waals surface area contributed by atoms with Crippen LogP contribution in [0, 0.1) is 0 Å². The van der Waals surface area contributed by atoms with Gasteiger partial charge in [-0.2, -0.15) is 0 Å². The van der Waals surface area contributed by atoms with Gasteiger partial charge >= 0.3 is 0 Å². The van der Waals surface area contributed by atoms with Crippen LogP contribution in [-0.4, -0.2) is 17.4 Å². The van der Waals surface area contributed by atoms with E-state index in [0.29, 0.717) is 5.11 Å². The molecule has 0 saturated heterocycles. The van der Waals surface area contributed by atoms with Crippen LogP contribution in [-0.2, 0) is 0 Å². The summed E-state index contributed by atoms with van der Waals surface area (Å²) < 4.78 is 0. The van der Waals surface area contributed by atoms with E-state index in [9.17, 15) is 0 Å². The quantitative estimate of drug-likeness (QED) is 0.287. The maximum Gasteiger partial charge on any atom is 0.170 e. The van der Waals surface area contributed by atoms with E-state index in [1.807, 2.05) is 72.4 Å². The number of thioether (sulfide) groups is 1. The van der Waals surface area contributed by atoms with E-state index >= 15 is 0 Å². The maximum absolute atomic E-state index is 5.36. The molecule has 0 amide bonds. The smallest absolute Gasteiger partial charge is 0.170 e. The van der Waals surface area contributed by atoms with E-state index in [1.165, 1.54) is 4.90 Å². The normalized spacial score (nSPS) is 10.2. The second-order valence-electron chi connectivity index (χ2n) is 5.61. The molecule has 0 bridgehead atoms. The first-order valence-electron chi connectivity index (χ1n) is 8.44. The zero-order valence-electron chi connectivity index (χ0n) is 14.3. The molecule has 0 aromatic heterocycles. The first kappa shape index (κ1) is 18.3. The summed E-state index contributed by atoms with van der Waals surface area (Å²) in [5, 5.41) is 10.5. The predicted molar refractivity (Wildman–Crippen MR) is 118 cm³/mol. The van der Waals surface area contributed by atoms with E-state index in [0.717, 1.165) is 29.4 Å². The Morgan fingerprint density at radius 2 is 1.31 bits per heavy atom. The molecule has 0 unspecified atom stereocenters. The van der Waals surface area contributed by atoms with Crippen molar-refractivity contribution >= 4 is 46.2 Å². The molecule has 0 radical (unpaired) electrons. The van der Waals surface area contributed by atoms with Crippen molar-refractivity contribution in [2.75, 3.05) is 22.9 Å².